The zero-order valence-electron chi connectivity index (χ0n) is 15.6. The standard InChI is InChI=1S/C21H26N2O4/c24-19(22-10-4-1-5-11-22)15-8-12-23(13-9-15)20(25)18-14-16-6-2-3-7-17(16)21(26)27-18/h2-3,6-7,15,18H,1,4-5,8-14H2. The third-order valence-electron chi connectivity index (χ3n) is 5.99. The van der Waals surface area contributed by atoms with Crippen LogP contribution in [0.5, 0.6) is 0 Å². The number of rotatable bonds is 2. The molecule has 0 spiro atoms. The minimum Gasteiger partial charge on any atom is -0.448 e. The first-order valence-corrected chi connectivity index (χ1v) is 10.00. The number of carbonyl (C=O) groups excluding carboxylic acids is 3. The first-order chi connectivity index (χ1) is 13.1. The van der Waals surface area contributed by atoms with Gasteiger partial charge in [0, 0.05) is 38.5 Å². The van der Waals surface area contributed by atoms with E-state index in [4.69, 9.17) is 4.74 Å². The number of cyclic esters (lactones) is 1. The molecule has 1 aromatic rings. The lowest BCUT2D eigenvalue weighted by atomic mass is 9.93. The maximum atomic E-state index is 12.8. The van der Waals surface area contributed by atoms with E-state index in [9.17, 15) is 14.4 Å². The largest absolute Gasteiger partial charge is 0.448 e. The Balaban J connectivity index is 1.34. The number of fused-ring (bicyclic) bond motifs is 1. The zero-order chi connectivity index (χ0) is 18.8. The molecule has 0 aliphatic carbocycles. The SMILES string of the molecule is O=C1OC(C(=O)N2CCC(C(=O)N3CCCCC3)CC2)Cc2ccccc21. The lowest BCUT2D eigenvalue weighted by Crippen LogP contribution is -2.49. The number of piperidine rings is 2. The van der Waals surface area contributed by atoms with Crippen molar-refractivity contribution in [2.75, 3.05) is 26.2 Å². The molecule has 2 amide bonds. The average molecular weight is 370 g/mol. The predicted octanol–water partition coefficient (Wildman–Crippen LogP) is 2.02. The van der Waals surface area contributed by atoms with Gasteiger partial charge in [0.1, 0.15) is 0 Å². The van der Waals surface area contributed by atoms with Crippen molar-refractivity contribution in [3.63, 3.8) is 0 Å². The molecular formula is C21H26N2O4. The third kappa shape index (κ3) is 3.70. The van der Waals surface area contributed by atoms with Gasteiger partial charge in [0.15, 0.2) is 6.10 Å². The van der Waals surface area contributed by atoms with E-state index in [-0.39, 0.29) is 17.7 Å². The minimum absolute atomic E-state index is 0.0155. The van der Waals surface area contributed by atoms with Crippen molar-refractivity contribution in [2.24, 2.45) is 5.92 Å². The Morgan fingerprint density at radius 2 is 1.56 bits per heavy atom. The summed E-state index contributed by atoms with van der Waals surface area (Å²) in [6.07, 6.45) is 4.46. The van der Waals surface area contributed by atoms with Gasteiger partial charge in [-0.05, 0) is 43.7 Å². The van der Waals surface area contributed by atoms with E-state index in [1.165, 1.54) is 6.42 Å². The second-order valence-electron chi connectivity index (χ2n) is 7.74. The number of nitrogens with zero attached hydrogens (tertiary/aromatic N) is 2. The molecular weight excluding hydrogens is 344 g/mol. The smallest absolute Gasteiger partial charge is 0.339 e. The van der Waals surface area contributed by atoms with E-state index in [1.807, 2.05) is 17.0 Å². The highest BCUT2D eigenvalue weighted by Gasteiger charge is 2.36. The minimum atomic E-state index is -0.748. The second kappa shape index (κ2) is 7.71. The normalized spacial score (nSPS) is 23.6. The fourth-order valence-electron chi connectivity index (χ4n) is 4.39. The highest BCUT2D eigenvalue weighted by Crippen LogP contribution is 2.25. The van der Waals surface area contributed by atoms with Gasteiger partial charge in [-0.3, -0.25) is 9.59 Å². The summed E-state index contributed by atoms with van der Waals surface area (Å²) < 4.78 is 5.39. The highest BCUT2D eigenvalue weighted by atomic mass is 16.5. The summed E-state index contributed by atoms with van der Waals surface area (Å²) in [7, 11) is 0. The van der Waals surface area contributed by atoms with Gasteiger partial charge >= 0.3 is 5.97 Å². The van der Waals surface area contributed by atoms with Crippen LogP contribution in [0.4, 0.5) is 0 Å². The van der Waals surface area contributed by atoms with E-state index >= 15 is 0 Å². The van der Waals surface area contributed by atoms with Crippen molar-refractivity contribution < 1.29 is 19.1 Å². The van der Waals surface area contributed by atoms with Crippen LogP contribution in [0.15, 0.2) is 24.3 Å². The summed E-state index contributed by atoms with van der Waals surface area (Å²) in [5, 5.41) is 0. The zero-order valence-corrected chi connectivity index (χ0v) is 15.6. The fraction of sp³-hybridized carbons (Fsp3) is 0.571. The van der Waals surface area contributed by atoms with Gasteiger partial charge in [0.25, 0.3) is 5.91 Å². The maximum absolute atomic E-state index is 12.8. The number of hydrogen-bond acceptors (Lipinski definition) is 4. The molecule has 6 heteroatoms. The number of esters is 1. The maximum Gasteiger partial charge on any atom is 0.339 e. The molecule has 6 nitrogen and oxygen atoms in total. The Kier molecular flexibility index (Phi) is 5.14. The van der Waals surface area contributed by atoms with Gasteiger partial charge in [-0.15, -0.1) is 0 Å². The molecule has 1 atom stereocenters. The lowest BCUT2D eigenvalue weighted by Gasteiger charge is -2.37. The molecule has 0 bridgehead atoms. The predicted molar refractivity (Wildman–Crippen MR) is 99.1 cm³/mol. The molecule has 3 aliphatic rings. The van der Waals surface area contributed by atoms with Crippen molar-refractivity contribution in [2.45, 2.75) is 44.6 Å². The quantitative estimate of drug-likeness (QED) is 0.747. The van der Waals surface area contributed by atoms with Crippen molar-refractivity contribution >= 4 is 17.8 Å². The topological polar surface area (TPSA) is 66.9 Å². The van der Waals surface area contributed by atoms with Crippen molar-refractivity contribution in [3.8, 4) is 0 Å². The molecule has 3 aliphatic heterocycles. The van der Waals surface area contributed by atoms with E-state index < -0.39 is 12.1 Å². The number of benzene rings is 1. The molecule has 0 saturated carbocycles. The van der Waals surface area contributed by atoms with Gasteiger partial charge in [-0.25, -0.2) is 4.79 Å². The summed E-state index contributed by atoms with van der Waals surface area (Å²) >= 11 is 0. The number of amides is 2. The molecule has 1 aromatic carbocycles. The number of carbonyl (C=O) groups is 3. The molecule has 0 N–H and O–H groups in total. The molecule has 0 radical (unpaired) electrons. The summed E-state index contributed by atoms with van der Waals surface area (Å²) in [6.45, 7) is 2.85. The molecule has 144 valence electrons. The van der Waals surface area contributed by atoms with Gasteiger partial charge in [0.05, 0.1) is 5.56 Å². The number of hydrogen-bond donors (Lipinski definition) is 0. The van der Waals surface area contributed by atoms with Crippen LogP contribution in [0.3, 0.4) is 0 Å². The molecule has 4 rings (SSSR count). The van der Waals surface area contributed by atoms with Gasteiger partial charge in [-0.1, -0.05) is 18.2 Å². The summed E-state index contributed by atoms with van der Waals surface area (Å²) in [6, 6.07) is 7.28. The van der Waals surface area contributed by atoms with Gasteiger partial charge in [-0.2, -0.15) is 0 Å². The van der Waals surface area contributed by atoms with Crippen molar-refractivity contribution in [3.05, 3.63) is 35.4 Å². The fourth-order valence-corrected chi connectivity index (χ4v) is 4.39. The number of likely N-dealkylation sites (tertiary alicyclic amines) is 2. The summed E-state index contributed by atoms with van der Waals surface area (Å²) in [5.74, 6) is -0.298. The van der Waals surface area contributed by atoms with Crippen LogP contribution in [-0.4, -0.2) is 59.9 Å². The van der Waals surface area contributed by atoms with E-state index in [0.29, 0.717) is 37.9 Å². The van der Waals surface area contributed by atoms with Gasteiger partial charge in [0.2, 0.25) is 5.91 Å². The Morgan fingerprint density at radius 1 is 0.889 bits per heavy atom. The molecule has 0 aromatic heterocycles. The van der Waals surface area contributed by atoms with Crippen LogP contribution >= 0.6 is 0 Å². The molecule has 27 heavy (non-hydrogen) atoms. The molecule has 2 fully saturated rings. The average Bonchev–Trinajstić information content (AvgIpc) is 2.73. The monoisotopic (exact) mass is 370 g/mol. The molecule has 2 saturated heterocycles. The summed E-state index contributed by atoms with van der Waals surface area (Å²) in [4.78, 5) is 41.4. The Bertz CT molecular complexity index is 733. The van der Waals surface area contributed by atoms with Crippen molar-refractivity contribution in [1.82, 2.24) is 9.80 Å². The van der Waals surface area contributed by atoms with Crippen LogP contribution in [0.1, 0.15) is 48.0 Å². The highest BCUT2D eigenvalue weighted by molar-refractivity contribution is 5.95. The van der Waals surface area contributed by atoms with E-state index in [2.05, 4.69) is 0 Å². The first-order valence-electron chi connectivity index (χ1n) is 10.00. The van der Waals surface area contributed by atoms with Crippen LogP contribution in [0.25, 0.3) is 0 Å². The van der Waals surface area contributed by atoms with Crippen LogP contribution in [0.2, 0.25) is 0 Å². The molecule has 1 unspecified atom stereocenters. The Labute approximate surface area is 159 Å². The van der Waals surface area contributed by atoms with Crippen LogP contribution in [-0.2, 0) is 20.7 Å². The van der Waals surface area contributed by atoms with Crippen LogP contribution < -0.4 is 0 Å². The molecule has 3 heterocycles. The van der Waals surface area contributed by atoms with Gasteiger partial charge < -0.3 is 14.5 Å². The second-order valence-corrected chi connectivity index (χ2v) is 7.74. The number of ether oxygens (including phenoxy) is 1. The van der Waals surface area contributed by atoms with E-state index in [0.717, 1.165) is 31.5 Å². The Hall–Kier alpha value is -2.37. The summed E-state index contributed by atoms with van der Waals surface area (Å²) in [5.41, 5.74) is 1.41. The van der Waals surface area contributed by atoms with E-state index in [1.54, 1.807) is 17.0 Å². The third-order valence-corrected chi connectivity index (χ3v) is 5.99. The Morgan fingerprint density at radius 3 is 2.30 bits per heavy atom. The van der Waals surface area contributed by atoms with Crippen molar-refractivity contribution in [1.29, 1.82) is 0 Å². The lowest BCUT2D eigenvalue weighted by molar-refractivity contribution is -0.146. The van der Waals surface area contributed by atoms with Crippen LogP contribution in [0, 0.1) is 5.92 Å². The first kappa shape index (κ1) is 18.0.